The summed E-state index contributed by atoms with van der Waals surface area (Å²) in [5.41, 5.74) is 1.56. The zero-order valence-electron chi connectivity index (χ0n) is 12.6. The first-order valence-electron chi connectivity index (χ1n) is 7.55. The maximum Gasteiger partial charge on any atom is 0.282 e. The van der Waals surface area contributed by atoms with Gasteiger partial charge < -0.3 is 10.2 Å². The maximum absolute atomic E-state index is 12.3. The van der Waals surface area contributed by atoms with Crippen LogP contribution in [-0.2, 0) is 0 Å². The second-order valence-electron chi connectivity index (χ2n) is 5.47. The highest BCUT2D eigenvalue weighted by atomic mass is 16.6. The Balaban J connectivity index is 1.81. The molecule has 3 rings (SSSR count). The highest BCUT2D eigenvalue weighted by Gasteiger charge is 2.19. The SMILES string of the molecule is O=C(Nc1cccc(N2CCCC2)c1)c1ccccc1[N+](=O)[O-]. The van der Waals surface area contributed by atoms with Crippen LogP contribution in [0.4, 0.5) is 17.1 Å². The maximum atomic E-state index is 12.3. The molecule has 0 unspecified atom stereocenters. The molecule has 1 N–H and O–H groups in total. The van der Waals surface area contributed by atoms with Crippen molar-refractivity contribution < 1.29 is 9.72 Å². The molecule has 2 aromatic rings. The molecule has 1 saturated heterocycles. The van der Waals surface area contributed by atoms with Gasteiger partial charge in [-0.3, -0.25) is 14.9 Å². The number of benzene rings is 2. The molecule has 118 valence electrons. The topological polar surface area (TPSA) is 75.5 Å². The van der Waals surface area contributed by atoms with Crippen molar-refractivity contribution in [1.29, 1.82) is 0 Å². The molecule has 0 bridgehead atoms. The van der Waals surface area contributed by atoms with E-state index in [2.05, 4.69) is 10.2 Å². The van der Waals surface area contributed by atoms with Crippen LogP contribution in [0.1, 0.15) is 23.2 Å². The number of anilines is 2. The highest BCUT2D eigenvalue weighted by molar-refractivity contribution is 6.07. The summed E-state index contributed by atoms with van der Waals surface area (Å²) in [4.78, 5) is 25.1. The Morgan fingerprint density at radius 1 is 1.09 bits per heavy atom. The molecular weight excluding hydrogens is 294 g/mol. The van der Waals surface area contributed by atoms with Crippen LogP contribution in [0.5, 0.6) is 0 Å². The van der Waals surface area contributed by atoms with E-state index < -0.39 is 10.8 Å². The Hall–Kier alpha value is -2.89. The summed E-state index contributed by atoms with van der Waals surface area (Å²) in [7, 11) is 0. The number of amides is 1. The van der Waals surface area contributed by atoms with Crippen LogP contribution in [-0.4, -0.2) is 23.9 Å². The first-order valence-corrected chi connectivity index (χ1v) is 7.55. The number of nitrogens with zero attached hydrogens (tertiary/aromatic N) is 2. The predicted molar refractivity (Wildman–Crippen MR) is 88.9 cm³/mol. The van der Waals surface area contributed by atoms with Gasteiger partial charge in [-0.15, -0.1) is 0 Å². The van der Waals surface area contributed by atoms with Gasteiger partial charge in [0.2, 0.25) is 0 Å². The first-order chi connectivity index (χ1) is 11.1. The van der Waals surface area contributed by atoms with Gasteiger partial charge in [0.15, 0.2) is 0 Å². The highest BCUT2D eigenvalue weighted by Crippen LogP contribution is 2.24. The summed E-state index contributed by atoms with van der Waals surface area (Å²) < 4.78 is 0. The Bertz CT molecular complexity index is 739. The number of nitro benzene ring substituents is 1. The quantitative estimate of drug-likeness (QED) is 0.693. The number of hydrogen-bond acceptors (Lipinski definition) is 4. The number of nitro groups is 1. The average Bonchev–Trinajstić information content (AvgIpc) is 3.09. The van der Waals surface area contributed by atoms with Gasteiger partial charge >= 0.3 is 0 Å². The lowest BCUT2D eigenvalue weighted by Gasteiger charge is -2.18. The van der Waals surface area contributed by atoms with E-state index in [1.54, 1.807) is 18.2 Å². The van der Waals surface area contributed by atoms with Gasteiger partial charge in [0.25, 0.3) is 11.6 Å². The third-order valence-corrected chi connectivity index (χ3v) is 3.92. The lowest BCUT2D eigenvalue weighted by Crippen LogP contribution is -2.18. The van der Waals surface area contributed by atoms with E-state index in [1.165, 1.54) is 25.0 Å². The van der Waals surface area contributed by atoms with E-state index in [-0.39, 0.29) is 11.3 Å². The van der Waals surface area contributed by atoms with Crippen LogP contribution >= 0.6 is 0 Å². The summed E-state index contributed by atoms with van der Waals surface area (Å²) in [5.74, 6) is -0.476. The van der Waals surface area contributed by atoms with Gasteiger partial charge in [0.1, 0.15) is 5.56 Å². The van der Waals surface area contributed by atoms with Crippen LogP contribution in [0.25, 0.3) is 0 Å². The Morgan fingerprint density at radius 2 is 1.83 bits per heavy atom. The van der Waals surface area contributed by atoms with Crippen molar-refractivity contribution in [2.45, 2.75) is 12.8 Å². The normalized spacial score (nSPS) is 13.8. The number of rotatable bonds is 4. The summed E-state index contributed by atoms with van der Waals surface area (Å²) in [5, 5.41) is 13.8. The van der Waals surface area contributed by atoms with Crippen molar-refractivity contribution in [2.75, 3.05) is 23.3 Å². The standard InChI is InChI=1S/C17H17N3O3/c21-17(15-8-1-2-9-16(15)20(22)23)18-13-6-5-7-14(12-13)19-10-3-4-11-19/h1-2,5-9,12H,3-4,10-11H2,(H,18,21). The molecule has 6 heteroatoms. The molecule has 23 heavy (non-hydrogen) atoms. The van der Waals surface area contributed by atoms with E-state index in [9.17, 15) is 14.9 Å². The summed E-state index contributed by atoms with van der Waals surface area (Å²) in [6.07, 6.45) is 2.35. The fraction of sp³-hybridized carbons (Fsp3) is 0.235. The molecule has 6 nitrogen and oxygen atoms in total. The minimum Gasteiger partial charge on any atom is -0.371 e. The molecule has 0 atom stereocenters. The second kappa shape index (κ2) is 6.48. The van der Waals surface area contributed by atoms with Crippen LogP contribution < -0.4 is 10.2 Å². The van der Waals surface area contributed by atoms with Gasteiger partial charge in [-0.1, -0.05) is 18.2 Å². The first kappa shape index (κ1) is 15.0. The van der Waals surface area contributed by atoms with Gasteiger partial charge in [0, 0.05) is 30.5 Å². The van der Waals surface area contributed by atoms with Crippen LogP contribution in [0.3, 0.4) is 0 Å². The van der Waals surface area contributed by atoms with E-state index in [4.69, 9.17) is 0 Å². The summed E-state index contributed by atoms with van der Waals surface area (Å²) >= 11 is 0. The van der Waals surface area contributed by atoms with Crippen molar-refractivity contribution in [1.82, 2.24) is 0 Å². The van der Waals surface area contributed by atoms with Crippen molar-refractivity contribution in [3.63, 3.8) is 0 Å². The number of carbonyl (C=O) groups excluding carboxylic acids is 1. The van der Waals surface area contributed by atoms with Crippen LogP contribution in [0.15, 0.2) is 48.5 Å². The monoisotopic (exact) mass is 311 g/mol. The largest absolute Gasteiger partial charge is 0.371 e. The van der Waals surface area contributed by atoms with E-state index in [0.29, 0.717) is 5.69 Å². The average molecular weight is 311 g/mol. The van der Waals surface area contributed by atoms with Gasteiger partial charge in [-0.25, -0.2) is 0 Å². The minimum atomic E-state index is -0.546. The third kappa shape index (κ3) is 3.31. The van der Waals surface area contributed by atoms with Gasteiger partial charge in [-0.2, -0.15) is 0 Å². The van der Waals surface area contributed by atoms with Crippen LogP contribution in [0, 0.1) is 10.1 Å². The summed E-state index contributed by atoms with van der Waals surface area (Å²) in [6.45, 7) is 2.03. The molecule has 0 radical (unpaired) electrons. The Kier molecular flexibility index (Phi) is 4.23. The number of para-hydroxylation sites is 1. The molecule has 1 heterocycles. The van der Waals surface area contributed by atoms with Crippen molar-refractivity contribution in [2.24, 2.45) is 0 Å². The fourth-order valence-corrected chi connectivity index (χ4v) is 2.78. The Labute approximate surface area is 133 Å². The molecule has 1 amide bonds. The molecule has 0 aromatic heterocycles. The molecule has 0 spiro atoms. The molecule has 0 saturated carbocycles. The zero-order valence-corrected chi connectivity index (χ0v) is 12.6. The van der Waals surface area contributed by atoms with Gasteiger partial charge in [0.05, 0.1) is 4.92 Å². The van der Waals surface area contributed by atoms with Crippen molar-refractivity contribution in [3.05, 3.63) is 64.2 Å². The molecule has 1 fully saturated rings. The molecule has 1 aliphatic rings. The lowest BCUT2D eigenvalue weighted by molar-refractivity contribution is -0.385. The molecule has 0 aliphatic carbocycles. The number of nitrogens with one attached hydrogen (secondary N) is 1. The van der Waals surface area contributed by atoms with Crippen molar-refractivity contribution in [3.8, 4) is 0 Å². The van der Waals surface area contributed by atoms with Gasteiger partial charge in [-0.05, 0) is 37.1 Å². The third-order valence-electron chi connectivity index (χ3n) is 3.92. The van der Waals surface area contributed by atoms with Crippen molar-refractivity contribution >= 4 is 23.0 Å². The molecular formula is C17H17N3O3. The number of hydrogen-bond donors (Lipinski definition) is 1. The molecule has 2 aromatic carbocycles. The smallest absolute Gasteiger partial charge is 0.282 e. The predicted octanol–water partition coefficient (Wildman–Crippen LogP) is 3.45. The molecule has 1 aliphatic heterocycles. The van der Waals surface area contributed by atoms with E-state index in [1.807, 2.05) is 18.2 Å². The van der Waals surface area contributed by atoms with E-state index >= 15 is 0 Å². The van der Waals surface area contributed by atoms with E-state index in [0.717, 1.165) is 18.8 Å². The lowest BCUT2D eigenvalue weighted by atomic mass is 10.1. The summed E-state index contributed by atoms with van der Waals surface area (Å²) in [6, 6.07) is 13.5. The number of carbonyl (C=O) groups is 1. The second-order valence-corrected chi connectivity index (χ2v) is 5.47. The van der Waals surface area contributed by atoms with Crippen LogP contribution in [0.2, 0.25) is 0 Å². The zero-order chi connectivity index (χ0) is 16.2. The Morgan fingerprint density at radius 3 is 2.57 bits per heavy atom. The fourth-order valence-electron chi connectivity index (χ4n) is 2.78. The minimum absolute atomic E-state index is 0.0593.